The molecular weight excluding hydrogens is 436 g/mol. The van der Waals surface area contributed by atoms with Gasteiger partial charge in [-0.2, -0.15) is 0 Å². The molecule has 1 aromatic heterocycles. The predicted molar refractivity (Wildman–Crippen MR) is 142 cm³/mol. The SMILES string of the molecule is CCCCCCCCOc1cnc(-c2ccc(OC(=O)C3CCC(CCCCC)CC3)cc2)nc1. The Morgan fingerprint density at radius 3 is 2.11 bits per heavy atom. The second-order valence-electron chi connectivity index (χ2n) is 10.0. The zero-order valence-corrected chi connectivity index (χ0v) is 21.8. The lowest BCUT2D eigenvalue weighted by Gasteiger charge is -2.27. The molecule has 0 spiro atoms. The Labute approximate surface area is 212 Å². The number of aromatic nitrogens is 2. The lowest BCUT2D eigenvalue weighted by Crippen LogP contribution is -2.25. The molecule has 0 unspecified atom stereocenters. The van der Waals surface area contributed by atoms with E-state index in [0.717, 1.165) is 43.6 Å². The zero-order chi connectivity index (χ0) is 24.7. The fourth-order valence-corrected chi connectivity index (χ4v) is 4.85. The minimum absolute atomic E-state index is 0.0318. The van der Waals surface area contributed by atoms with E-state index in [1.807, 2.05) is 24.3 Å². The number of rotatable bonds is 15. The lowest BCUT2D eigenvalue weighted by atomic mass is 9.80. The average molecular weight is 481 g/mol. The van der Waals surface area contributed by atoms with Crippen LogP contribution in [0.4, 0.5) is 0 Å². The highest BCUT2D eigenvalue weighted by molar-refractivity contribution is 5.75. The van der Waals surface area contributed by atoms with Crippen LogP contribution in [0.3, 0.4) is 0 Å². The molecule has 5 nitrogen and oxygen atoms in total. The summed E-state index contributed by atoms with van der Waals surface area (Å²) in [5, 5.41) is 0. The van der Waals surface area contributed by atoms with Gasteiger partial charge in [-0.1, -0.05) is 71.6 Å². The first kappa shape index (κ1) is 27.2. The van der Waals surface area contributed by atoms with Crippen molar-refractivity contribution in [1.29, 1.82) is 0 Å². The monoisotopic (exact) mass is 480 g/mol. The van der Waals surface area contributed by atoms with E-state index >= 15 is 0 Å². The van der Waals surface area contributed by atoms with E-state index in [9.17, 15) is 4.79 Å². The second kappa shape index (κ2) is 15.5. The highest BCUT2D eigenvalue weighted by atomic mass is 16.5. The van der Waals surface area contributed by atoms with Gasteiger partial charge in [0.2, 0.25) is 0 Å². The molecule has 0 bridgehead atoms. The Balaban J connectivity index is 1.39. The van der Waals surface area contributed by atoms with Gasteiger partial charge in [0, 0.05) is 5.56 Å². The first-order valence-corrected chi connectivity index (χ1v) is 14.0. The van der Waals surface area contributed by atoms with Crippen LogP contribution >= 0.6 is 0 Å². The molecule has 0 aliphatic heterocycles. The summed E-state index contributed by atoms with van der Waals surface area (Å²) >= 11 is 0. The van der Waals surface area contributed by atoms with Crippen molar-refractivity contribution in [3.8, 4) is 22.9 Å². The topological polar surface area (TPSA) is 61.3 Å². The number of hydrogen-bond donors (Lipinski definition) is 0. The molecule has 1 aromatic carbocycles. The Morgan fingerprint density at radius 1 is 0.800 bits per heavy atom. The van der Waals surface area contributed by atoms with E-state index < -0.39 is 0 Å². The number of carbonyl (C=O) groups is 1. The van der Waals surface area contributed by atoms with E-state index in [2.05, 4.69) is 23.8 Å². The van der Waals surface area contributed by atoms with E-state index in [0.29, 0.717) is 23.9 Å². The van der Waals surface area contributed by atoms with Gasteiger partial charge in [0.1, 0.15) is 5.75 Å². The Hall–Kier alpha value is -2.43. The van der Waals surface area contributed by atoms with Gasteiger partial charge < -0.3 is 9.47 Å². The van der Waals surface area contributed by atoms with E-state index in [1.165, 1.54) is 57.8 Å². The largest absolute Gasteiger partial charge is 0.490 e. The molecular formula is C30H44N2O3. The normalized spacial score (nSPS) is 17.8. The van der Waals surface area contributed by atoms with Gasteiger partial charge in [-0.3, -0.25) is 4.79 Å². The molecule has 0 amide bonds. The summed E-state index contributed by atoms with van der Waals surface area (Å²) in [6.45, 7) is 5.18. The summed E-state index contributed by atoms with van der Waals surface area (Å²) in [5.74, 6) is 2.65. The molecule has 0 radical (unpaired) electrons. The van der Waals surface area contributed by atoms with Gasteiger partial charge in [0.05, 0.1) is 24.9 Å². The molecule has 3 rings (SSSR count). The van der Waals surface area contributed by atoms with Gasteiger partial charge in [0.15, 0.2) is 11.6 Å². The van der Waals surface area contributed by atoms with E-state index in [4.69, 9.17) is 9.47 Å². The number of unbranched alkanes of at least 4 members (excludes halogenated alkanes) is 7. The van der Waals surface area contributed by atoms with Crippen LogP contribution in [-0.2, 0) is 4.79 Å². The number of esters is 1. The fraction of sp³-hybridized carbons (Fsp3) is 0.633. The molecule has 0 N–H and O–H groups in total. The Morgan fingerprint density at radius 2 is 1.43 bits per heavy atom. The van der Waals surface area contributed by atoms with Crippen LogP contribution in [0.1, 0.15) is 104 Å². The number of ether oxygens (including phenoxy) is 2. The Kier molecular flexibility index (Phi) is 12.1. The van der Waals surface area contributed by atoms with Gasteiger partial charge in [-0.25, -0.2) is 9.97 Å². The molecule has 5 heteroatoms. The van der Waals surface area contributed by atoms with Crippen LogP contribution in [0, 0.1) is 11.8 Å². The highest BCUT2D eigenvalue weighted by Gasteiger charge is 2.27. The molecule has 1 aliphatic carbocycles. The Bertz CT molecular complexity index is 843. The maximum absolute atomic E-state index is 12.6. The summed E-state index contributed by atoms with van der Waals surface area (Å²) in [4.78, 5) is 21.5. The van der Waals surface area contributed by atoms with Crippen LogP contribution in [0.15, 0.2) is 36.7 Å². The lowest BCUT2D eigenvalue weighted by molar-refractivity contribution is -0.140. The number of benzene rings is 1. The third-order valence-corrected chi connectivity index (χ3v) is 7.12. The summed E-state index contributed by atoms with van der Waals surface area (Å²) in [6, 6.07) is 7.46. The second-order valence-corrected chi connectivity index (χ2v) is 10.0. The molecule has 0 atom stereocenters. The summed E-state index contributed by atoms with van der Waals surface area (Å²) in [7, 11) is 0. The molecule has 35 heavy (non-hydrogen) atoms. The third kappa shape index (κ3) is 9.62. The predicted octanol–water partition coefficient (Wildman–Crippen LogP) is 8.18. The standard InChI is InChI=1S/C30H44N2O3/c1-3-5-7-8-9-11-21-34-28-22-31-29(32-23-28)25-17-19-27(20-18-25)35-30(33)26-15-13-24(14-16-26)12-10-6-4-2/h17-20,22-24,26H,3-16,21H2,1-2H3. The van der Waals surface area contributed by atoms with Crippen molar-refractivity contribution in [3.05, 3.63) is 36.7 Å². The molecule has 1 heterocycles. The van der Waals surface area contributed by atoms with Crippen LogP contribution in [0.5, 0.6) is 11.5 Å². The number of hydrogen-bond acceptors (Lipinski definition) is 5. The van der Waals surface area contributed by atoms with Crippen molar-refractivity contribution in [2.75, 3.05) is 6.61 Å². The number of nitrogens with zero attached hydrogens (tertiary/aromatic N) is 2. The van der Waals surface area contributed by atoms with Crippen molar-refractivity contribution in [1.82, 2.24) is 9.97 Å². The molecule has 2 aromatic rings. The summed E-state index contributed by atoms with van der Waals surface area (Å²) in [5.41, 5.74) is 0.889. The summed E-state index contributed by atoms with van der Waals surface area (Å²) in [6.07, 6.45) is 20.3. The summed E-state index contributed by atoms with van der Waals surface area (Å²) < 4.78 is 11.5. The van der Waals surface area contributed by atoms with Gasteiger partial charge in [-0.15, -0.1) is 0 Å². The van der Waals surface area contributed by atoms with Gasteiger partial charge in [-0.05, 0) is 62.3 Å². The van der Waals surface area contributed by atoms with Crippen molar-refractivity contribution >= 4 is 5.97 Å². The van der Waals surface area contributed by atoms with E-state index in [1.54, 1.807) is 12.4 Å². The maximum Gasteiger partial charge on any atom is 0.314 e. The molecule has 1 aliphatic rings. The first-order valence-electron chi connectivity index (χ1n) is 14.0. The van der Waals surface area contributed by atoms with E-state index in [-0.39, 0.29) is 11.9 Å². The molecule has 1 saturated carbocycles. The average Bonchev–Trinajstić information content (AvgIpc) is 2.89. The van der Waals surface area contributed by atoms with Gasteiger partial charge >= 0.3 is 5.97 Å². The molecule has 0 saturated heterocycles. The van der Waals surface area contributed by atoms with Crippen LogP contribution in [-0.4, -0.2) is 22.5 Å². The van der Waals surface area contributed by atoms with Crippen molar-refractivity contribution < 1.29 is 14.3 Å². The number of carbonyl (C=O) groups excluding carboxylic acids is 1. The van der Waals surface area contributed by atoms with Crippen molar-refractivity contribution in [2.24, 2.45) is 11.8 Å². The maximum atomic E-state index is 12.6. The molecule has 1 fully saturated rings. The van der Waals surface area contributed by atoms with Crippen molar-refractivity contribution in [2.45, 2.75) is 104 Å². The minimum atomic E-state index is -0.0899. The van der Waals surface area contributed by atoms with Crippen molar-refractivity contribution in [3.63, 3.8) is 0 Å². The highest BCUT2D eigenvalue weighted by Crippen LogP contribution is 2.33. The quantitative estimate of drug-likeness (QED) is 0.146. The third-order valence-electron chi connectivity index (χ3n) is 7.12. The van der Waals surface area contributed by atoms with Crippen LogP contribution < -0.4 is 9.47 Å². The van der Waals surface area contributed by atoms with Gasteiger partial charge in [0.25, 0.3) is 0 Å². The molecule has 192 valence electrons. The minimum Gasteiger partial charge on any atom is -0.490 e. The zero-order valence-electron chi connectivity index (χ0n) is 21.8. The fourth-order valence-electron chi connectivity index (χ4n) is 4.85. The van der Waals surface area contributed by atoms with Crippen LogP contribution in [0.2, 0.25) is 0 Å². The van der Waals surface area contributed by atoms with Crippen LogP contribution in [0.25, 0.3) is 11.4 Å². The smallest absolute Gasteiger partial charge is 0.314 e. The first-order chi connectivity index (χ1) is 17.2.